The maximum atomic E-state index is 12.7. The molecular formula is C17H24N2O2. The third-order valence-corrected chi connectivity index (χ3v) is 4.07. The molecule has 1 heterocycles. The molecule has 0 bridgehead atoms. The summed E-state index contributed by atoms with van der Waals surface area (Å²) in [5.74, 6) is 0.473. The van der Waals surface area contributed by atoms with Gasteiger partial charge >= 0.3 is 0 Å². The summed E-state index contributed by atoms with van der Waals surface area (Å²) in [7, 11) is 0. The van der Waals surface area contributed by atoms with E-state index in [1.54, 1.807) is 0 Å². The largest absolute Gasteiger partial charge is 0.344 e. The topological polar surface area (TPSA) is 49.4 Å². The number of nitrogens with zero attached hydrogens (tertiary/aromatic N) is 1. The predicted molar refractivity (Wildman–Crippen MR) is 82.7 cm³/mol. The first-order valence-electron chi connectivity index (χ1n) is 7.72. The lowest BCUT2D eigenvalue weighted by molar-refractivity contribution is -0.134. The van der Waals surface area contributed by atoms with Crippen LogP contribution < -0.4 is 5.32 Å². The number of nitrogens with one attached hydrogen (secondary N) is 1. The zero-order valence-electron chi connectivity index (χ0n) is 12.8. The summed E-state index contributed by atoms with van der Waals surface area (Å²) in [6, 6.07) is 9.40. The Kier molecular flexibility index (Phi) is 5.37. The van der Waals surface area contributed by atoms with E-state index in [9.17, 15) is 9.59 Å². The second kappa shape index (κ2) is 7.25. The van der Waals surface area contributed by atoms with Crippen LogP contribution in [-0.2, 0) is 16.0 Å². The van der Waals surface area contributed by atoms with Crippen molar-refractivity contribution in [2.45, 2.75) is 39.2 Å². The predicted octanol–water partition coefficient (Wildman–Crippen LogP) is 1.99. The lowest BCUT2D eigenvalue weighted by Crippen LogP contribution is -2.47. The minimum atomic E-state index is -0.438. The number of rotatable bonds is 5. The molecule has 1 N–H and O–H groups in total. The summed E-state index contributed by atoms with van der Waals surface area (Å²) in [4.78, 5) is 26.3. The second-order valence-electron chi connectivity index (χ2n) is 5.86. The molecule has 2 amide bonds. The second-order valence-corrected chi connectivity index (χ2v) is 5.86. The first-order valence-corrected chi connectivity index (χ1v) is 7.72. The summed E-state index contributed by atoms with van der Waals surface area (Å²) >= 11 is 0. The van der Waals surface area contributed by atoms with Crippen molar-refractivity contribution in [3.63, 3.8) is 0 Å². The van der Waals surface area contributed by atoms with E-state index in [1.165, 1.54) is 0 Å². The average Bonchev–Trinajstić information content (AvgIpc) is 2.62. The van der Waals surface area contributed by atoms with Gasteiger partial charge in [0.1, 0.15) is 6.04 Å². The molecule has 1 aliphatic heterocycles. The Hall–Kier alpha value is -1.84. The zero-order valence-corrected chi connectivity index (χ0v) is 12.8. The molecule has 0 radical (unpaired) electrons. The molecule has 2 rings (SSSR count). The monoisotopic (exact) mass is 288 g/mol. The molecular weight excluding hydrogens is 264 g/mol. The van der Waals surface area contributed by atoms with E-state index in [-0.39, 0.29) is 11.8 Å². The molecule has 2 unspecified atom stereocenters. The maximum Gasteiger partial charge on any atom is 0.245 e. The van der Waals surface area contributed by atoms with Crippen LogP contribution in [0.2, 0.25) is 0 Å². The van der Waals surface area contributed by atoms with E-state index < -0.39 is 6.04 Å². The smallest absolute Gasteiger partial charge is 0.245 e. The van der Waals surface area contributed by atoms with Gasteiger partial charge in [-0.2, -0.15) is 0 Å². The van der Waals surface area contributed by atoms with Gasteiger partial charge in [0.2, 0.25) is 11.8 Å². The van der Waals surface area contributed by atoms with Gasteiger partial charge in [-0.3, -0.25) is 9.59 Å². The van der Waals surface area contributed by atoms with Gasteiger partial charge < -0.3 is 10.2 Å². The fraction of sp³-hybridized carbons (Fsp3) is 0.529. The van der Waals surface area contributed by atoms with Crippen molar-refractivity contribution in [1.82, 2.24) is 10.2 Å². The van der Waals surface area contributed by atoms with Gasteiger partial charge in [0.05, 0.1) is 0 Å². The summed E-state index contributed by atoms with van der Waals surface area (Å²) in [5, 5.41) is 2.87. The van der Waals surface area contributed by atoms with Crippen molar-refractivity contribution in [1.29, 1.82) is 0 Å². The van der Waals surface area contributed by atoms with Crippen molar-refractivity contribution >= 4 is 11.8 Å². The molecule has 4 nitrogen and oxygen atoms in total. The zero-order chi connectivity index (χ0) is 15.2. The molecule has 1 aromatic carbocycles. The average molecular weight is 288 g/mol. The highest BCUT2D eigenvalue weighted by Crippen LogP contribution is 2.13. The Bertz CT molecular complexity index is 487. The minimum absolute atomic E-state index is 0.0315. The number of carbonyl (C=O) groups is 2. The molecule has 1 saturated heterocycles. The highest BCUT2D eigenvalue weighted by atomic mass is 16.2. The first-order chi connectivity index (χ1) is 10.1. The molecule has 1 aromatic rings. The van der Waals surface area contributed by atoms with Gasteiger partial charge in [0.15, 0.2) is 0 Å². The summed E-state index contributed by atoms with van der Waals surface area (Å²) in [6.07, 6.45) is 1.99. The van der Waals surface area contributed by atoms with E-state index in [0.29, 0.717) is 25.3 Å². The third kappa shape index (κ3) is 4.31. The van der Waals surface area contributed by atoms with Crippen LogP contribution in [0.3, 0.4) is 0 Å². The Morgan fingerprint density at radius 1 is 1.29 bits per heavy atom. The maximum absolute atomic E-state index is 12.7. The fourth-order valence-corrected chi connectivity index (χ4v) is 2.57. The number of hydrogen-bond donors (Lipinski definition) is 1. The quantitative estimate of drug-likeness (QED) is 0.901. The summed E-state index contributed by atoms with van der Waals surface area (Å²) < 4.78 is 0. The first kappa shape index (κ1) is 15.5. The fourth-order valence-electron chi connectivity index (χ4n) is 2.57. The third-order valence-electron chi connectivity index (χ3n) is 4.07. The summed E-state index contributed by atoms with van der Waals surface area (Å²) in [5.41, 5.74) is 1.07. The van der Waals surface area contributed by atoms with Crippen LogP contribution in [0.1, 0.15) is 32.3 Å². The van der Waals surface area contributed by atoms with E-state index >= 15 is 0 Å². The molecule has 0 spiro atoms. The van der Waals surface area contributed by atoms with Crippen molar-refractivity contribution < 1.29 is 9.59 Å². The van der Waals surface area contributed by atoms with Crippen molar-refractivity contribution in [3.05, 3.63) is 35.9 Å². The molecule has 0 saturated carbocycles. The van der Waals surface area contributed by atoms with E-state index in [2.05, 4.69) is 19.2 Å². The molecule has 114 valence electrons. The normalized spacial score (nSPS) is 20.9. The van der Waals surface area contributed by atoms with E-state index in [1.807, 2.05) is 35.2 Å². The van der Waals surface area contributed by atoms with E-state index in [0.717, 1.165) is 18.5 Å². The van der Waals surface area contributed by atoms with Gasteiger partial charge in [-0.25, -0.2) is 0 Å². The number of hydrogen-bond acceptors (Lipinski definition) is 2. The molecule has 0 aliphatic carbocycles. The Labute approximate surface area is 126 Å². The Balaban J connectivity index is 2.10. The van der Waals surface area contributed by atoms with Gasteiger partial charge in [-0.15, -0.1) is 0 Å². The van der Waals surface area contributed by atoms with Crippen LogP contribution in [-0.4, -0.2) is 35.8 Å². The summed E-state index contributed by atoms with van der Waals surface area (Å²) in [6.45, 7) is 5.52. The standard InChI is InChI=1S/C17H24N2O2/c1-3-13(2)12-19-10-9-16(20)18-15(17(19)21)11-14-7-5-4-6-8-14/h4-8,13,15H,3,9-12H2,1-2H3,(H,18,20). The number of carbonyl (C=O) groups excluding carboxylic acids is 2. The van der Waals surface area contributed by atoms with Crippen molar-refractivity contribution in [2.75, 3.05) is 13.1 Å². The molecule has 1 fully saturated rings. The van der Waals surface area contributed by atoms with Gasteiger partial charge in [0.25, 0.3) is 0 Å². The minimum Gasteiger partial charge on any atom is -0.344 e. The lowest BCUT2D eigenvalue weighted by Gasteiger charge is -2.26. The van der Waals surface area contributed by atoms with Crippen LogP contribution in [0.25, 0.3) is 0 Å². The molecule has 2 atom stereocenters. The van der Waals surface area contributed by atoms with Crippen LogP contribution in [0, 0.1) is 5.92 Å². The molecule has 1 aliphatic rings. The Morgan fingerprint density at radius 2 is 2.00 bits per heavy atom. The van der Waals surface area contributed by atoms with Crippen LogP contribution in [0.4, 0.5) is 0 Å². The number of amides is 2. The van der Waals surface area contributed by atoms with Gasteiger partial charge in [-0.1, -0.05) is 50.6 Å². The Morgan fingerprint density at radius 3 is 2.67 bits per heavy atom. The molecule has 0 aromatic heterocycles. The van der Waals surface area contributed by atoms with Crippen LogP contribution in [0.5, 0.6) is 0 Å². The molecule has 21 heavy (non-hydrogen) atoms. The SMILES string of the molecule is CCC(C)CN1CCC(=O)NC(Cc2ccccc2)C1=O. The van der Waals surface area contributed by atoms with Crippen molar-refractivity contribution in [2.24, 2.45) is 5.92 Å². The van der Waals surface area contributed by atoms with Gasteiger partial charge in [0, 0.05) is 25.9 Å². The molecule has 4 heteroatoms. The van der Waals surface area contributed by atoms with E-state index in [4.69, 9.17) is 0 Å². The van der Waals surface area contributed by atoms with Crippen LogP contribution >= 0.6 is 0 Å². The lowest BCUT2D eigenvalue weighted by atomic mass is 10.0. The van der Waals surface area contributed by atoms with Crippen molar-refractivity contribution in [3.8, 4) is 0 Å². The highest BCUT2D eigenvalue weighted by Gasteiger charge is 2.30. The highest BCUT2D eigenvalue weighted by molar-refractivity contribution is 5.90. The number of benzene rings is 1. The van der Waals surface area contributed by atoms with Gasteiger partial charge in [-0.05, 0) is 11.5 Å². The van der Waals surface area contributed by atoms with Crippen LogP contribution in [0.15, 0.2) is 30.3 Å².